The number of rotatable bonds is 1. The molecule has 2 rings (SSSR count). The highest BCUT2D eigenvalue weighted by Gasteiger charge is 2.12. The van der Waals surface area contributed by atoms with Gasteiger partial charge in [-0.3, -0.25) is 0 Å². The van der Waals surface area contributed by atoms with Crippen LogP contribution in [0.5, 0.6) is 0 Å². The molecule has 3 N–H and O–H groups in total. The summed E-state index contributed by atoms with van der Waals surface area (Å²) >= 11 is 0. The molecule has 0 aliphatic rings. The van der Waals surface area contributed by atoms with Crippen molar-refractivity contribution < 1.29 is 10.0 Å². The third kappa shape index (κ3) is 1.11. The van der Waals surface area contributed by atoms with Gasteiger partial charge in [-0.05, 0) is 17.5 Å². The van der Waals surface area contributed by atoms with Crippen LogP contribution in [-0.2, 0) is 0 Å². The van der Waals surface area contributed by atoms with Crippen molar-refractivity contribution in [2.24, 2.45) is 0 Å². The zero-order valence-corrected chi connectivity index (χ0v) is 6.36. The van der Waals surface area contributed by atoms with E-state index in [1.807, 2.05) is 24.3 Å². The van der Waals surface area contributed by atoms with Gasteiger partial charge in [-0.25, -0.2) is 0 Å². The van der Waals surface area contributed by atoms with Crippen LogP contribution in [-0.4, -0.2) is 22.2 Å². The highest BCUT2D eigenvalue weighted by Crippen LogP contribution is 2.08. The molecule has 2 aromatic rings. The molecular weight excluding hydrogens is 153 g/mol. The lowest BCUT2D eigenvalue weighted by molar-refractivity contribution is 0.424. The van der Waals surface area contributed by atoms with Crippen LogP contribution in [0.1, 0.15) is 0 Å². The fraction of sp³-hybridized carbons (Fsp3) is 0. The molecule has 0 spiro atoms. The van der Waals surface area contributed by atoms with E-state index in [2.05, 4.69) is 4.98 Å². The van der Waals surface area contributed by atoms with Gasteiger partial charge >= 0.3 is 7.12 Å². The number of aromatic amines is 1. The van der Waals surface area contributed by atoms with Crippen molar-refractivity contribution >= 4 is 23.6 Å². The zero-order valence-electron chi connectivity index (χ0n) is 6.36. The number of benzene rings is 1. The maximum Gasteiger partial charge on any atom is 0.505 e. The predicted molar refractivity (Wildman–Crippen MR) is 48.1 cm³/mol. The molecule has 0 aliphatic heterocycles. The van der Waals surface area contributed by atoms with Gasteiger partial charge in [-0.15, -0.1) is 0 Å². The van der Waals surface area contributed by atoms with Gasteiger partial charge in [0.2, 0.25) is 0 Å². The number of fused-ring (bicyclic) bond motifs is 1. The third-order valence-corrected chi connectivity index (χ3v) is 1.83. The number of H-pyrrole nitrogens is 1. The SMILES string of the molecule is OB(O)[12c]1cc2ccccc2[nH]1. The molecule has 0 amide bonds. The number of nitrogens with one attached hydrogen (secondary N) is 1. The van der Waals surface area contributed by atoms with Crippen LogP contribution < -0.4 is 5.59 Å². The van der Waals surface area contributed by atoms with Crippen LogP contribution in [0.2, 0.25) is 0 Å². The Balaban J connectivity index is 2.62. The van der Waals surface area contributed by atoms with Crippen molar-refractivity contribution in [2.45, 2.75) is 0 Å². The first-order valence-corrected chi connectivity index (χ1v) is 3.71. The summed E-state index contributed by atoms with van der Waals surface area (Å²) in [5, 5.41) is 18.7. The molecule has 1 aromatic heterocycles. The minimum atomic E-state index is -1.42. The Morgan fingerprint density at radius 2 is 1.92 bits per heavy atom. The molecular formula is C8H8BNO2. The Morgan fingerprint density at radius 3 is 2.58 bits per heavy atom. The summed E-state index contributed by atoms with van der Waals surface area (Å²) < 4.78 is 0. The number of hydrogen-bond acceptors (Lipinski definition) is 2. The molecule has 0 fully saturated rings. The number of aromatic nitrogens is 1. The normalized spacial score (nSPS) is 10.5. The van der Waals surface area contributed by atoms with E-state index in [-0.39, 0.29) is 0 Å². The van der Waals surface area contributed by atoms with Crippen LogP contribution in [0.15, 0.2) is 30.3 Å². The van der Waals surface area contributed by atoms with Gasteiger partial charge in [-0.1, -0.05) is 18.2 Å². The van der Waals surface area contributed by atoms with Gasteiger partial charge in [0.15, 0.2) is 0 Å². The topological polar surface area (TPSA) is 56.2 Å². The summed E-state index contributed by atoms with van der Waals surface area (Å²) in [5.41, 5.74) is 1.34. The van der Waals surface area contributed by atoms with Crippen molar-refractivity contribution in [1.82, 2.24) is 4.98 Å². The summed E-state index contributed by atoms with van der Waals surface area (Å²) in [6, 6.07) is 9.33. The smallest absolute Gasteiger partial charge is 0.422 e. The maximum absolute atomic E-state index is 8.85. The van der Waals surface area contributed by atoms with Crippen molar-refractivity contribution in [3.05, 3.63) is 30.3 Å². The van der Waals surface area contributed by atoms with E-state index in [1.165, 1.54) is 0 Å². The lowest BCUT2D eigenvalue weighted by Gasteiger charge is -1.89. The quantitative estimate of drug-likeness (QED) is 0.509. The fourth-order valence-corrected chi connectivity index (χ4v) is 1.23. The second-order valence-electron chi connectivity index (χ2n) is 2.69. The van der Waals surface area contributed by atoms with Crippen LogP contribution >= 0.6 is 0 Å². The van der Waals surface area contributed by atoms with Gasteiger partial charge in [0.1, 0.15) is 0 Å². The van der Waals surface area contributed by atoms with E-state index in [4.69, 9.17) is 10.0 Å². The van der Waals surface area contributed by atoms with Gasteiger partial charge in [-0.2, -0.15) is 0 Å². The fourth-order valence-electron chi connectivity index (χ4n) is 1.23. The standard InChI is InChI=1S/C8H8BNO2/c11-9(12)8-5-6-3-1-2-4-7(6)10-8/h1-5,10-12H/i8+0. The average molecular weight is 161 g/mol. The monoisotopic (exact) mass is 161 g/mol. The molecule has 0 radical (unpaired) electrons. The highest BCUT2D eigenvalue weighted by atomic mass is 16.4. The molecule has 4 heteroatoms. The van der Waals surface area contributed by atoms with Gasteiger partial charge in [0.25, 0.3) is 0 Å². The summed E-state index contributed by atoms with van der Waals surface area (Å²) in [6.07, 6.45) is 0. The maximum atomic E-state index is 8.85. The van der Waals surface area contributed by atoms with Crippen molar-refractivity contribution in [1.29, 1.82) is 0 Å². The molecule has 0 unspecified atom stereocenters. The number of hydrogen-bond donors (Lipinski definition) is 3. The van der Waals surface area contributed by atoms with E-state index in [1.54, 1.807) is 6.07 Å². The Morgan fingerprint density at radius 1 is 1.17 bits per heavy atom. The molecule has 0 saturated heterocycles. The molecule has 0 saturated carbocycles. The Labute approximate surface area is 69.8 Å². The summed E-state index contributed by atoms with van der Waals surface area (Å²) in [7, 11) is -1.42. The first kappa shape index (κ1) is 7.40. The Kier molecular flexibility index (Phi) is 1.64. The van der Waals surface area contributed by atoms with E-state index in [9.17, 15) is 0 Å². The van der Waals surface area contributed by atoms with E-state index >= 15 is 0 Å². The van der Waals surface area contributed by atoms with Crippen LogP contribution in [0.4, 0.5) is 0 Å². The Bertz CT molecular complexity index is 364. The molecule has 60 valence electrons. The molecule has 3 nitrogen and oxygen atoms in total. The minimum Gasteiger partial charge on any atom is -0.422 e. The van der Waals surface area contributed by atoms with Gasteiger partial charge < -0.3 is 15.0 Å². The second kappa shape index (κ2) is 2.66. The Hall–Kier alpha value is -1.26. The lowest BCUT2D eigenvalue weighted by atomic mass is 9.86. The van der Waals surface area contributed by atoms with Crippen molar-refractivity contribution in [3.63, 3.8) is 0 Å². The van der Waals surface area contributed by atoms with E-state index in [0.29, 0.717) is 5.59 Å². The highest BCUT2D eigenvalue weighted by molar-refractivity contribution is 6.58. The minimum absolute atomic E-state index is 0.427. The number of para-hydroxylation sites is 1. The summed E-state index contributed by atoms with van der Waals surface area (Å²) in [5.74, 6) is 0. The van der Waals surface area contributed by atoms with Crippen molar-refractivity contribution in [2.75, 3.05) is 0 Å². The van der Waals surface area contributed by atoms with Crippen LogP contribution in [0, 0.1) is 0 Å². The second-order valence-corrected chi connectivity index (χ2v) is 2.69. The molecule has 1 aromatic carbocycles. The van der Waals surface area contributed by atoms with Crippen LogP contribution in [0.3, 0.4) is 0 Å². The molecule has 1 heterocycles. The van der Waals surface area contributed by atoms with Gasteiger partial charge in [0.05, 0.1) is 0 Å². The predicted octanol–water partition coefficient (Wildman–Crippen LogP) is -0.152. The summed E-state index contributed by atoms with van der Waals surface area (Å²) in [6.45, 7) is 0. The third-order valence-electron chi connectivity index (χ3n) is 1.83. The van der Waals surface area contributed by atoms with Crippen LogP contribution in [0.25, 0.3) is 10.9 Å². The first-order chi connectivity index (χ1) is 5.77. The van der Waals surface area contributed by atoms with Gasteiger partial charge in [0, 0.05) is 11.1 Å². The zero-order chi connectivity index (χ0) is 8.55. The molecule has 0 aliphatic carbocycles. The molecule has 12 heavy (non-hydrogen) atoms. The molecule has 0 atom stereocenters. The lowest BCUT2D eigenvalue weighted by Crippen LogP contribution is -2.30. The average Bonchev–Trinajstić information content (AvgIpc) is 2.46. The first-order valence-electron chi connectivity index (χ1n) is 3.71. The largest absolute Gasteiger partial charge is 0.505 e. The molecule has 0 bridgehead atoms. The van der Waals surface area contributed by atoms with E-state index < -0.39 is 7.12 Å². The van der Waals surface area contributed by atoms with E-state index in [0.717, 1.165) is 10.9 Å². The summed E-state index contributed by atoms with van der Waals surface area (Å²) in [4.78, 5) is 2.90. The van der Waals surface area contributed by atoms with Crippen molar-refractivity contribution in [3.8, 4) is 0 Å².